The van der Waals surface area contributed by atoms with Gasteiger partial charge in [0.15, 0.2) is 0 Å². The molecule has 0 saturated heterocycles. The Morgan fingerprint density at radius 1 is 0.919 bits per heavy atom. The minimum atomic E-state index is -0.191. The summed E-state index contributed by atoms with van der Waals surface area (Å²) < 4.78 is 1.54. The van der Waals surface area contributed by atoms with Gasteiger partial charge in [-0.1, -0.05) is 78.5 Å². The summed E-state index contributed by atoms with van der Waals surface area (Å²) in [6.45, 7) is 0. The van der Waals surface area contributed by atoms with Crippen LogP contribution >= 0.6 is 11.8 Å². The lowest BCUT2D eigenvalue weighted by Gasteiger charge is -2.21. The first-order chi connectivity index (χ1) is 18.2. The molecule has 8 nitrogen and oxygen atoms in total. The van der Waals surface area contributed by atoms with Crippen LogP contribution in [-0.2, 0) is 4.79 Å². The van der Waals surface area contributed by atoms with Crippen molar-refractivity contribution in [3.63, 3.8) is 0 Å². The van der Waals surface area contributed by atoms with Gasteiger partial charge < -0.3 is 5.11 Å². The normalized spacial score (nSPS) is 15.2. The van der Waals surface area contributed by atoms with Crippen LogP contribution in [0.2, 0.25) is 0 Å². The smallest absolute Gasteiger partial charge is 0.253 e. The Bertz CT molecular complexity index is 1600. The average Bonchev–Trinajstić information content (AvgIpc) is 3.60. The minimum Gasteiger partial charge on any atom is -0.508 e. The largest absolute Gasteiger partial charge is 0.508 e. The van der Waals surface area contributed by atoms with Crippen LogP contribution in [0.4, 0.5) is 0 Å². The fourth-order valence-electron chi connectivity index (χ4n) is 4.44. The van der Waals surface area contributed by atoms with E-state index in [1.54, 1.807) is 34.0 Å². The molecular weight excluding hydrogens is 484 g/mol. The highest BCUT2D eigenvalue weighted by atomic mass is 32.2. The number of hydrazone groups is 1. The lowest BCUT2D eigenvalue weighted by Crippen LogP contribution is -2.28. The standard InChI is InChI=1S/C28H22N6O2S/c35-24-14-12-23(13-15-24)33-28(29-31-32-33)37-18-27(36)34-26(20-7-2-1-3-8-20)17-25(30-34)22-11-10-19-6-4-5-9-21(19)16-22/h1-16,26,35H,17-18H2/t26-/m1/s1. The van der Waals surface area contributed by atoms with Gasteiger partial charge in [0.25, 0.3) is 5.91 Å². The quantitative estimate of drug-likeness (QED) is 0.326. The molecule has 0 unspecified atom stereocenters. The Morgan fingerprint density at radius 2 is 1.68 bits per heavy atom. The summed E-state index contributed by atoms with van der Waals surface area (Å²) in [5.41, 5.74) is 3.62. The van der Waals surface area contributed by atoms with Crippen LogP contribution in [0.15, 0.2) is 107 Å². The lowest BCUT2D eigenvalue weighted by atomic mass is 9.97. The van der Waals surface area contributed by atoms with Crippen molar-refractivity contribution in [2.24, 2.45) is 5.10 Å². The van der Waals surface area contributed by atoms with Crippen LogP contribution < -0.4 is 0 Å². The number of carbonyl (C=O) groups is 1. The Morgan fingerprint density at radius 3 is 2.49 bits per heavy atom. The fraction of sp³-hybridized carbons (Fsp3) is 0.107. The molecule has 182 valence electrons. The van der Waals surface area contributed by atoms with E-state index >= 15 is 0 Å². The molecule has 0 fully saturated rings. The first-order valence-electron chi connectivity index (χ1n) is 11.8. The molecule has 0 spiro atoms. The van der Waals surface area contributed by atoms with Crippen molar-refractivity contribution in [1.82, 2.24) is 25.2 Å². The number of aromatic hydroxyl groups is 1. The van der Waals surface area contributed by atoms with Crippen molar-refractivity contribution in [3.8, 4) is 11.4 Å². The van der Waals surface area contributed by atoms with Gasteiger partial charge in [0.1, 0.15) is 5.75 Å². The van der Waals surface area contributed by atoms with Crippen LogP contribution in [0, 0.1) is 0 Å². The summed E-state index contributed by atoms with van der Waals surface area (Å²) in [5.74, 6) is 0.146. The molecule has 1 aliphatic heterocycles. The maximum Gasteiger partial charge on any atom is 0.253 e. The fourth-order valence-corrected chi connectivity index (χ4v) is 5.18. The zero-order valence-corrected chi connectivity index (χ0v) is 20.5. The summed E-state index contributed by atoms with van der Waals surface area (Å²) >= 11 is 1.25. The molecule has 4 aromatic carbocycles. The molecule has 0 radical (unpaired) electrons. The predicted octanol–water partition coefficient (Wildman–Crippen LogP) is 4.99. The summed E-state index contributed by atoms with van der Waals surface area (Å²) in [6.07, 6.45) is 0.629. The average molecular weight is 507 g/mol. The van der Waals surface area contributed by atoms with Gasteiger partial charge in [-0.25, -0.2) is 5.01 Å². The molecule has 0 saturated carbocycles. The summed E-state index contributed by atoms with van der Waals surface area (Å²) in [6, 6.07) is 30.8. The molecule has 6 rings (SSSR count). The van der Waals surface area contributed by atoms with Gasteiger partial charge in [-0.3, -0.25) is 4.79 Å². The number of benzene rings is 4. The number of phenolic OH excluding ortho intramolecular Hbond substituents is 1. The SMILES string of the molecule is O=C(CSc1nnnn1-c1ccc(O)cc1)N1N=C(c2ccc3ccccc3c2)C[C@@H]1c1ccccc1. The van der Waals surface area contributed by atoms with Gasteiger partial charge in [-0.15, -0.1) is 5.10 Å². The van der Waals surface area contributed by atoms with Crippen molar-refractivity contribution in [1.29, 1.82) is 0 Å². The number of hydrogen-bond acceptors (Lipinski definition) is 7. The first kappa shape index (κ1) is 22.9. The topological polar surface area (TPSA) is 96.5 Å². The van der Waals surface area contributed by atoms with Crippen LogP contribution in [0.5, 0.6) is 5.75 Å². The number of hydrogen-bond donors (Lipinski definition) is 1. The molecule has 1 N–H and O–H groups in total. The second kappa shape index (κ2) is 9.87. The summed E-state index contributed by atoms with van der Waals surface area (Å²) in [5, 5.41) is 30.6. The van der Waals surface area contributed by atoms with Crippen molar-refractivity contribution in [2.45, 2.75) is 17.6 Å². The van der Waals surface area contributed by atoms with E-state index in [9.17, 15) is 9.90 Å². The monoisotopic (exact) mass is 506 g/mol. The molecule has 9 heteroatoms. The Labute approximate surface area is 217 Å². The molecule has 1 amide bonds. The van der Waals surface area contributed by atoms with E-state index in [0.29, 0.717) is 17.3 Å². The first-order valence-corrected chi connectivity index (χ1v) is 12.8. The van der Waals surface area contributed by atoms with Gasteiger partial charge >= 0.3 is 0 Å². The molecular formula is C28H22N6O2S. The molecule has 1 atom stereocenters. The number of tetrazole rings is 1. The van der Waals surface area contributed by atoms with Crippen molar-refractivity contribution in [2.75, 3.05) is 5.75 Å². The van der Waals surface area contributed by atoms with E-state index in [1.165, 1.54) is 17.1 Å². The third kappa shape index (κ3) is 4.68. The summed E-state index contributed by atoms with van der Waals surface area (Å²) in [4.78, 5) is 13.5. The van der Waals surface area contributed by atoms with Gasteiger partial charge in [0.05, 0.1) is 23.2 Å². The van der Waals surface area contributed by atoms with Crippen LogP contribution in [0.1, 0.15) is 23.6 Å². The number of phenols is 1. The number of nitrogens with zero attached hydrogens (tertiary/aromatic N) is 6. The van der Waals surface area contributed by atoms with E-state index in [0.717, 1.165) is 22.2 Å². The van der Waals surface area contributed by atoms with Crippen LogP contribution in [-0.4, -0.2) is 47.7 Å². The molecule has 5 aromatic rings. The van der Waals surface area contributed by atoms with E-state index in [-0.39, 0.29) is 23.5 Å². The maximum atomic E-state index is 13.5. The number of fused-ring (bicyclic) bond motifs is 1. The second-order valence-corrected chi connectivity index (χ2v) is 9.60. The number of amides is 1. The molecule has 2 heterocycles. The van der Waals surface area contributed by atoms with Crippen LogP contribution in [0.25, 0.3) is 16.5 Å². The second-order valence-electron chi connectivity index (χ2n) is 8.66. The van der Waals surface area contributed by atoms with Gasteiger partial charge in [0.2, 0.25) is 5.16 Å². The van der Waals surface area contributed by atoms with E-state index in [1.807, 2.05) is 42.5 Å². The molecule has 1 aliphatic rings. The summed E-state index contributed by atoms with van der Waals surface area (Å²) in [7, 11) is 0. The highest BCUT2D eigenvalue weighted by Crippen LogP contribution is 2.34. The molecule has 0 aliphatic carbocycles. The van der Waals surface area contributed by atoms with Gasteiger partial charge in [-0.2, -0.15) is 9.78 Å². The zero-order valence-electron chi connectivity index (χ0n) is 19.7. The molecule has 1 aromatic heterocycles. The maximum absolute atomic E-state index is 13.5. The highest BCUT2D eigenvalue weighted by Gasteiger charge is 2.33. The third-order valence-electron chi connectivity index (χ3n) is 6.29. The van der Waals surface area contributed by atoms with Gasteiger partial charge in [0, 0.05) is 6.42 Å². The number of carbonyl (C=O) groups excluding carboxylic acids is 1. The predicted molar refractivity (Wildman–Crippen MR) is 143 cm³/mol. The van der Waals surface area contributed by atoms with Gasteiger partial charge in [-0.05, 0) is 62.7 Å². The zero-order chi connectivity index (χ0) is 25.2. The van der Waals surface area contributed by atoms with E-state index in [4.69, 9.17) is 5.10 Å². The van der Waals surface area contributed by atoms with Crippen molar-refractivity contribution < 1.29 is 9.90 Å². The van der Waals surface area contributed by atoms with Crippen molar-refractivity contribution >= 4 is 34.2 Å². The highest BCUT2D eigenvalue weighted by molar-refractivity contribution is 7.99. The lowest BCUT2D eigenvalue weighted by molar-refractivity contribution is -0.130. The van der Waals surface area contributed by atoms with E-state index < -0.39 is 0 Å². The Kier molecular flexibility index (Phi) is 6.11. The van der Waals surface area contributed by atoms with E-state index in [2.05, 4.69) is 45.9 Å². The number of aromatic nitrogens is 4. The number of rotatable bonds is 6. The Hall–Kier alpha value is -4.50. The molecule has 0 bridgehead atoms. The molecule has 37 heavy (non-hydrogen) atoms. The minimum absolute atomic E-state index is 0.121. The third-order valence-corrected chi connectivity index (χ3v) is 7.20. The Balaban J connectivity index is 1.26. The van der Waals surface area contributed by atoms with Crippen LogP contribution in [0.3, 0.4) is 0 Å². The number of thioether (sulfide) groups is 1. The van der Waals surface area contributed by atoms with Crippen molar-refractivity contribution in [3.05, 3.63) is 108 Å².